The van der Waals surface area contributed by atoms with E-state index in [1.807, 2.05) is 0 Å². The van der Waals surface area contributed by atoms with Crippen molar-refractivity contribution in [3.63, 3.8) is 0 Å². The minimum absolute atomic E-state index is 0.272. The number of benzene rings is 1. The lowest BCUT2D eigenvalue weighted by molar-refractivity contribution is 0.380. The third-order valence-corrected chi connectivity index (χ3v) is 5.26. The summed E-state index contributed by atoms with van der Waals surface area (Å²) in [6.45, 7) is 0.510. The largest absolute Gasteiger partial charge is 0.240 e. The molecule has 1 aliphatic carbocycles. The summed E-state index contributed by atoms with van der Waals surface area (Å²) in [5.74, 6) is 0.651. The van der Waals surface area contributed by atoms with Crippen LogP contribution in [0.3, 0.4) is 0 Å². The van der Waals surface area contributed by atoms with Gasteiger partial charge in [-0.3, -0.25) is 0 Å². The molecule has 5 heteroatoms. The average molecular weight is 301 g/mol. The molecule has 2 rings (SSSR count). The smallest absolute Gasteiger partial charge is 0.211 e. The highest BCUT2D eigenvalue weighted by molar-refractivity contribution is 7.89. The van der Waals surface area contributed by atoms with Crippen LogP contribution in [0.15, 0.2) is 29.2 Å². The van der Waals surface area contributed by atoms with Crippen LogP contribution in [0.1, 0.15) is 32.1 Å². The van der Waals surface area contributed by atoms with Gasteiger partial charge in [0.15, 0.2) is 0 Å². The molecule has 0 atom stereocenters. The lowest BCUT2D eigenvalue weighted by Crippen LogP contribution is -2.26. The second kappa shape index (κ2) is 6.73. The van der Waals surface area contributed by atoms with E-state index in [1.54, 1.807) is 12.1 Å². The van der Waals surface area contributed by atoms with Crippen molar-refractivity contribution < 1.29 is 8.42 Å². The minimum Gasteiger partial charge on any atom is -0.211 e. The van der Waals surface area contributed by atoms with Gasteiger partial charge in [-0.1, -0.05) is 24.4 Å². The van der Waals surface area contributed by atoms with Gasteiger partial charge in [0.1, 0.15) is 0 Å². The summed E-state index contributed by atoms with van der Waals surface area (Å²) in [4.78, 5) is 0.272. The molecule has 0 amide bonds. The summed E-state index contributed by atoms with van der Waals surface area (Å²) in [5, 5.41) is 0.539. The lowest BCUT2D eigenvalue weighted by atomic mass is 9.87. The zero-order valence-corrected chi connectivity index (χ0v) is 12.4. The second-order valence-corrected chi connectivity index (χ2v) is 7.15. The molecule has 0 spiro atoms. The van der Waals surface area contributed by atoms with Gasteiger partial charge in [-0.15, -0.1) is 0 Å². The van der Waals surface area contributed by atoms with E-state index >= 15 is 0 Å². The Labute approximate surface area is 120 Å². The quantitative estimate of drug-likeness (QED) is 0.906. The van der Waals surface area contributed by atoms with E-state index in [2.05, 4.69) is 11.1 Å². The van der Waals surface area contributed by atoms with Crippen LogP contribution < -0.4 is 4.72 Å². The summed E-state index contributed by atoms with van der Waals surface area (Å²) in [6, 6.07) is 6.24. The SMILES string of the molecule is O=S(=O)(NCCC1CC[CH]CC1)c1ccc(Cl)cc1. The Morgan fingerprint density at radius 1 is 1.16 bits per heavy atom. The third kappa shape index (κ3) is 4.48. The Hall–Kier alpha value is -0.580. The van der Waals surface area contributed by atoms with Crippen LogP contribution in [0, 0.1) is 12.3 Å². The average Bonchev–Trinajstić information content (AvgIpc) is 2.40. The molecular weight excluding hydrogens is 282 g/mol. The molecule has 0 saturated heterocycles. The molecule has 0 unspecified atom stereocenters. The molecule has 1 aliphatic rings. The fourth-order valence-corrected chi connectivity index (χ4v) is 3.55. The first-order valence-corrected chi connectivity index (χ1v) is 8.51. The van der Waals surface area contributed by atoms with Crippen LogP contribution in [0.25, 0.3) is 0 Å². The van der Waals surface area contributed by atoms with Crippen LogP contribution in [-0.2, 0) is 10.0 Å². The molecule has 1 N–H and O–H groups in total. The monoisotopic (exact) mass is 300 g/mol. The lowest BCUT2D eigenvalue weighted by Gasteiger charge is -2.21. The molecule has 1 fully saturated rings. The topological polar surface area (TPSA) is 46.2 Å². The third-order valence-electron chi connectivity index (χ3n) is 3.53. The van der Waals surface area contributed by atoms with Gasteiger partial charge in [0.2, 0.25) is 10.0 Å². The van der Waals surface area contributed by atoms with E-state index in [-0.39, 0.29) is 4.90 Å². The van der Waals surface area contributed by atoms with Crippen molar-refractivity contribution in [2.45, 2.75) is 37.0 Å². The molecule has 1 saturated carbocycles. The van der Waals surface area contributed by atoms with Crippen molar-refractivity contribution in [3.05, 3.63) is 35.7 Å². The molecule has 3 nitrogen and oxygen atoms in total. The Bertz CT molecular complexity index is 493. The Morgan fingerprint density at radius 2 is 1.79 bits per heavy atom. The molecule has 1 aromatic carbocycles. The number of sulfonamides is 1. The number of hydrogen-bond acceptors (Lipinski definition) is 2. The van der Waals surface area contributed by atoms with Crippen molar-refractivity contribution in [1.29, 1.82) is 0 Å². The molecule has 19 heavy (non-hydrogen) atoms. The van der Waals surface area contributed by atoms with E-state index < -0.39 is 10.0 Å². The van der Waals surface area contributed by atoms with Crippen molar-refractivity contribution in [2.75, 3.05) is 6.54 Å². The van der Waals surface area contributed by atoms with Crippen LogP contribution >= 0.6 is 11.6 Å². The van der Waals surface area contributed by atoms with Gasteiger partial charge in [-0.25, -0.2) is 13.1 Å². The molecule has 0 bridgehead atoms. The van der Waals surface area contributed by atoms with Gasteiger partial charge in [0, 0.05) is 11.6 Å². The van der Waals surface area contributed by atoms with Crippen LogP contribution in [0.2, 0.25) is 5.02 Å². The summed E-state index contributed by atoms with van der Waals surface area (Å²) >= 11 is 5.75. The first-order valence-electron chi connectivity index (χ1n) is 6.65. The molecule has 0 aliphatic heterocycles. The predicted octanol–water partition coefficient (Wildman–Crippen LogP) is 3.40. The number of halogens is 1. The standard InChI is InChI=1S/C14H19ClNO2S/c15-13-6-8-14(9-7-13)19(17,18)16-11-10-12-4-2-1-3-5-12/h1,6-9,12,16H,2-5,10-11H2. The predicted molar refractivity (Wildman–Crippen MR) is 77.5 cm³/mol. The van der Waals surface area contributed by atoms with Crippen molar-refractivity contribution in [2.24, 2.45) is 5.92 Å². The van der Waals surface area contributed by atoms with E-state index in [0.717, 1.165) is 19.3 Å². The molecular formula is C14H19ClNO2S. The van der Waals surface area contributed by atoms with Gasteiger partial charge in [-0.2, -0.15) is 0 Å². The summed E-state index contributed by atoms with van der Waals surface area (Å²) in [6.07, 6.45) is 7.92. The van der Waals surface area contributed by atoms with Gasteiger partial charge in [0.25, 0.3) is 0 Å². The highest BCUT2D eigenvalue weighted by atomic mass is 35.5. The number of nitrogens with one attached hydrogen (secondary N) is 1. The maximum Gasteiger partial charge on any atom is 0.240 e. The molecule has 0 aromatic heterocycles. The van der Waals surface area contributed by atoms with Crippen molar-refractivity contribution in [1.82, 2.24) is 4.72 Å². The minimum atomic E-state index is -3.39. The first kappa shape index (κ1) is 14.8. The van der Waals surface area contributed by atoms with Crippen LogP contribution in [-0.4, -0.2) is 15.0 Å². The van der Waals surface area contributed by atoms with Gasteiger partial charge >= 0.3 is 0 Å². The maximum atomic E-state index is 12.0. The fraction of sp³-hybridized carbons (Fsp3) is 0.500. The van der Waals surface area contributed by atoms with Crippen LogP contribution in [0.4, 0.5) is 0 Å². The highest BCUT2D eigenvalue weighted by Crippen LogP contribution is 2.25. The molecule has 0 heterocycles. The Kier molecular flexibility index (Phi) is 5.25. The first-order chi connectivity index (χ1) is 9.08. The van der Waals surface area contributed by atoms with E-state index in [9.17, 15) is 8.42 Å². The van der Waals surface area contributed by atoms with E-state index in [4.69, 9.17) is 11.6 Å². The molecule has 1 aromatic rings. The van der Waals surface area contributed by atoms with Crippen molar-refractivity contribution in [3.8, 4) is 0 Å². The summed E-state index contributed by atoms with van der Waals surface area (Å²) < 4.78 is 26.7. The van der Waals surface area contributed by atoms with Crippen LogP contribution in [0.5, 0.6) is 0 Å². The Morgan fingerprint density at radius 3 is 2.42 bits per heavy atom. The maximum absolute atomic E-state index is 12.0. The van der Waals surface area contributed by atoms with Gasteiger partial charge in [-0.05, 0) is 55.9 Å². The van der Waals surface area contributed by atoms with Gasteiger partial charge < -0.3 is 0 Å². The van der Waals surface area contributed by atoms with Gasteiger partial charge in [0.05, 0.1) is 4.90 Å². The molecule has 105 valence electrons. The number of hydrogen-bond donors (Lipinski definition) is 1. The fourth-order valence-electron chi connectivity index (χ4n) is 2.38. The summed E-state index contributed by atoms with van der Waals surface area (Å²) in [7, 11) is -3.39. The normalized spacial score (nSPS) is 17.5. The summed E-state index contributed by atoms with van der Waals surface area (Å²) in [5.41, 5.74) is 0. The zero-order chi connectivity index (χ0) is 13.7. The molecule has 1 radical (unpaired) electrons. The van der Waals surface area contributed by atoms with E-state index in [1.165, 1.54) is 25.0 Å². The second-order valence-electron chi connectivity index (χ2n) is 4.95. The van der Waals surface area contributed by atoms with Crippen molar-refractivity contribution >= 4 is 21.6 Å². The highest BCUT2D eigenvalue weighted by Gasteiger charge is 2.16. The Balaban J connectivity index is 1.85. The van der Waals surface area contributed by atoms with E-state index in [0.29, 0.717) is 17.5 Å². The zero-order valence-electron chi connectivity index (χ0n) is 10.8. The number of rotatable bonds is 5.